The molecule has 0 bridgehead atoms. The van der Waals surface area contributed by atoms with Crippen LogP contribution in [0.3, 0.4) is 0 Å². The number of pyridine rings is 2. The Bertz CT molecular complexity index is 952. The van der Waals surface area contributed by atoms with Crippen LogP contribution in [0.5, 0.6) is 0 Å². The van der Waals surface area contributed by atoms with Crippen molar-refractivity contribution in [2.75, 3.05) is 13.1 Å². The predicted octanol–water partition coefficient (Wildman–Crippen LogP) is 1.68. The summed E-state index contributed by atoms with van der Waals surface area (Å²) in [6, 6.07) is 6.27. The maximum atomic E-state index is 13.4. The van der Waals surface area contributed by atoms with Crippen molar-refractivity contribution in [2.24, 2.45) is 5.16 Å². The zero-order chi connectivity index (χ0) is 20.3. The molecule has 0 unspecified atom stereocenters. The molecule has 150 valence electrons. The number of halogens is 1. The standard InChI is InChI=1S/C20H20FN5O3/c21-17-9-15(4-7-23-17)19(28)26-8-2-5-20(13-26)10-16(25-29-20)18(27)24-12-14-3-1-6-22-11-14/h1,3-4,6-7,9,11H,2,5,8,10,12-13H2,(H,24,27)/t20-/m0/s1. The number of rotatable bonds is 4. The van der Waals surface area contributed by atoms with Crippen LogP contribution in [0.1, 0.15) is 35.2 Å². The summed E-state index contributed by atoms with van der Waals surface area (Å²) >= 11 is 0. The average Bonchev–Trinajstić information content (AvgIpc) is 3.15. The van der Waals surface area contributed by atoms with Crippen molar-refractivity contribution in [3.8, 4) is 0 Å². The van der Waals surface area contributed by atoms with Crippen LogP contribution < -0.4 is 5.32 Å². The molecule has 1 saturated heterocycles. The fourth-order valence-electron chi connectivity index (χ4n) is 3.64. The third-order valence-corrected chi connectivity index (χ3v) is 5.08. The van der Waals surface area contributed by atoms with Crippen LogP contribution in [0, 0.1) is 5.95 Å². The second-order valence-electron chi connectivity index (χ2n) is 7.23. The molecule has 1 N–H and O–H groups in total. The van der Waals surface area contributed by atoms with Gasteiger partial charge in [0.2, 0.25) is 5.95 Å². The monoisotopic (exact) mass is 397 g/mol. The largest absolute Gasteiger partial charge is 0.386 e. The van der Waals surface area contributed by atoms with Gasteiger partial charge in [0.25, 0.3) is 11.8 Å². The van der Waals surface area contributed by atoms with Crippen LogP contribution in [-0.4, -0.2) is 51.1 Å². The maximum Gasteiger partial charge on any atom is 0.269 e. The summed E-state index contributed by atoms with van der Waals surface area (Å²) in [4.78, 5) is 39.9. The molecule has 2 aliphatic rings. The van der Waals surface area contributed by atoms with Gasteiger partial charge < -0.3 is 15.1 Å². The molecule has 4 rings (SSSR count). The first-order valence-corrected chi connectivity index (χ1v) is 9.38. The fraction of sp³-hybridized carbons (Fsp3) is 0.350. The van der Waals surface area contributed by atoms with Crippen LogP contribution in [-0.2, 0) is 16.2 Å². The Hall–Kier alpha value is -3.36. The lowest BCUT2D eigenvalue weighted by Gasteiger charge is -2.38. The molecular formula is C20H20FN5O3. The molecule has 29 heavy (non-hydrogen) atoms. The van der Waals surface area contributed by atoms with E-state index in [1.54, 1.807) is 23.4 Å². The van der Waals surface area contributed by atoms with Gasteiger partial charge >= 0.3 is 0 Å². The first-order chi connectivity index (χ1) is 14.0. The molecule has 8 nitrogen and oxygen atoms in total. The van der Waals surface area contributed by atoms with Crippen molar-refractivity contribution < 1.29 is 18.8 Å². The van der Waals surface area contributed by atoms with Gasteiger partial charge in [-0.3, -0.25) is 14.6 Å². The van der Waals surface area contributed by atoms with Crippen molar-refractivity contribution in [3.05, 3.63) is 59.9 Å². The van der Waals surface area contributed by atoms with E-state index >= 15 is 0 Å². The number of aromatic nitrogens is 2. The molecule has 2 amide bonds. The Morgan fingerprint density at radius 2 is 2.21 bits per heavy atom. The lowest BCUT2D eigenvalue weighted by Crippen LogP contribution is -2.51. The number of nitrogens with zero attached hydrogens (tertiary/aromatic N) is 4. The number of likely N-dealkylation sites (tertiary alicyclic amines) is 1. The van der Waals surface area contributed by atoms with Crippen LogP contribution in [0.25, 0.3) is 0 Å². The molecule has 0 aliphatic carbocycles. The number of carbonyl (C=O) groups is 2. The third-order valence-electron chi connectivity index (χ3n) is 5.08. The van der Waals surface area contributed by atoms with Crippen LogP contribution in [0.15, 0.2) is 48.0 Å². The highest BCUT2D eigenvalue weighted by Gasteiger charge is 2.45. The van der Waals surface area contributed by atoms with E-state index in [2.05, 4.69) is 20.4 Å². The average molecular weight is 397 g/mol. The van der Waals surface area contributed by atoms with Crippen LogP contribution in [0.2, 0.25) is 0 Å². The highest BCUT2D eigenvalue weighted by atomic mass is 19.1. The van der Waals surface area contributed by atoms with Gasteiger partial charge in [-0.2, -0.15) is 4.39 Å². The van der Waals surface area contributed by atoms with Crippen LogP contribution >= 0.6 is 0 Å². The minimum absolute atomic E-state index is 0.239. The quantitative estimate of drug-likeness (QED) is 0.792. The summed E-state index contributed by atoms with van der Waals surface area (Å²) in [6.07, 6.45) is 6.33. The molecule has 9 heteroatoms. The molecule has 1 atom stereocenters. The summed E-state index contributed by atoms with van der Waals surface area (Å²) < 4.78 is 13.4. The highest BCUT2D eigenvalue weighted by molar-refractivity contribution is 6.39. The van der Waals surface area contributed by atoms with Crippen molar-refractivity contribution >= 4 is 17.5 Å². The first-order valence-electron chi connectivity index (χ1n) is 9.38. The molecule has 4 heterocycles. The number of carbonyl (C=O) groups excluding carboxylic acids is 2. The maximum absolute atomic E-state index is 13.4. The number of hydrogen-bond donors (Lipinski definition) is 1. The van der Waals surface area contributed by atoms with E-state index in [1.165, 1.54) is 12.3 Å². The molecule has 0 radical (unpaired) electrons. The molecule has 0 saturated carbocycles. The lowest BCUT2D eigenvalue weighted by molar-refractivity contribution is -0.115. The van der Waals surface area contributed by atoms with Crippen molar-refractivity contribution in [1.29, 1.82) is 0 Å². The van der Waals surface area contributed by atoms with Gasteiger partial charge in [0.15, 0.2) is 5.60 Å². The van der Waals surface area contributed by atoms with Gasteiger partial charge in [-0.25, -0.2) is 4.98 Å². The summed E-state index contributed by atoms with van der Waals surface area (Å²) in [7, 11) is 0. The van der Waals surface area contributed by atoms with Crippen molar-refractivity contribution in [1.82, 2.24) is 20.2 Å². The topological polar surface area (TPSA) is 96.8 Å². The molecular weight excluding hydrogens is 377 g/mol. The van der Waals surface area contributed by atoms with E-state index in [4.69, 9.17) is 4.84 Å². The fourth-order valence-corrected chi connectivity index (χ4v) is 3.64. The summed E-state index contributed by atoms with van der Waals surface area (Å²) in [6.45, 7) is 1.17. The number of hydrogen-bond acceptors (Lipinski definition) is 6. The van der Waals surface area contributed by atoms with Gasteiger partial charge in [-0.1, -0.05) is 11.2 Å². The minimum atomic E-state index is -0.722. The van der Waals surface area contributed by atoms with E-state index in [0.717, 1.165) is 11.6 Å². The van der Waals surface area contributed by atoms with E-state index in [1.807, 2.05) is 6.07 Å². The smallest absolute Gasteiger partial charge is 0.269 e. The van der Waals surface area contributed by atoms with E-state index in [0.29, 0.717) is 44.6 Å². The van der Waals surface area contributed by atoms with Gasteiger partial charge in [0.05, 0.1) is 6.54 Å². The third kappa shape index (κ3) is 4.23. The zero-order valence-electron chi connectivity index (χ0n) is 15.7. The Labute approximate surface area is 166 Å². The van der Waals surface area contributed by atoms with E-state index in [9.17, 15) is 14.0 Å². The number of piperidine rings is 1. The second-order valence-corrected chi connectivity index (χ2v) is 7.23. The molecule has 1 spiro atoms. The van der Waals surface area contributed by atoms with E-state index in [-0.39, 0.29) is 17.4 Å². The Morgan fingerprint density at radius 1 is 1.31 bits per heavy atom. The predicted molar refractivity (Wildman–Crippen MR) is 101 cm³/mol. The summed E-state index contributed by atoms with van der Waals surface area (Å²) in [5.41, 5.74) is 0.704. The molecule has 2 aromatic heterocycles. The lowest BCUT2D eigenvalue weighted by atomic mass is 9.87. The molecule has 2 aliphatic heterocycles. The Morgan fingerprint density at radius 3 is 3.00 bits per heavy atom. The normalized spacial score (nSPS) is 20.9. The number of oxime groups is 1. The second kappa shape index (κ2) is 7.94. The Kier molecular flexibility index (Phi) is 5.20. The Balaban J connectivity index is 1.37. The SMILES string of the molecule is O=C(NCc1cccnc1)C1=NO[C@@]2(CCCN(C(=O)c3ccnc(F)c3)C2)C1. The minimum Gasteiger partial charge on any atom is -0.386 e. The molecule has 1 fully saturated rings. The highest BCUT2D eigenvalue weighted by Crippen LogP contribution is 2.34. The van der Waals surface area contributed by atoms with Crippen molar-refractivity contribution in [2.45, 2.75) is 31.4 Å². The van der Waals surface area contributed by atoms with Gasteiger partial charge in [-0.05, 0) is 30.5 Å². The molecule has 2 aromatic rings. The van der Waals surface area contributed by atoms with Gasteiger partial charge in [-0.15, -0.1) is 0 Å². The van der Waals surface area contributed by atoms with E-state index < -0.39 is 11.5 Å². The summed E-state index contributed by atoms with van der Waals surface area (Å²) in [5, 5.41) is 6.80. The molecule has 0 aromatic carbocycles. The van der Waals surface area contributed by atoms with Gasteiger partial charge in [0.1, 0.15) is 5.71 Å². The van der Waals surface area contributed by atoms with Crippen LogP contribution in [0.4, 0.5) is 4.39 Å². The van der Waals surface area contributed by atoms with Crippen molar-refractivity contribution in [3.63, 3.8) is 0 Å². The number of amides is 2. The van der Waals surface area contributed by atoms with Gasteiger partial charge in [0, 0.05) is 49.7 Å². The zero-order valence-corrected chi connectivity index (χ0v) is 15.7. The first kappa shape index (κ1) is 19.0. The number of nitrogens with one attached hydrogen (secondary N) is 1. The summed E-state index contributed by atoms with van der Waals surface area (Å²) in [5.74, 6) is -1.29.